The molecule has 3 heterocycles. The first-order valence-electron chi connectivity index (χ1n) is 18.8. The number of furan rings is 1. The van der Waals surface area contributed by atoms with Crippen LogP contribution in [0.4, 0.5) is 0 Å². The average Bonchev–Trinajstić information content (AvgIpc) is 3.82. The lowest BCUT2D eigenvalue weighted by atomic mass is 10.0. The second-order valence-electron chi connectivity index (χ2n) is 14.1. The molecule has 5 nitrogen and oxygen atoms in total. The van der Waals surface area contributed by atoms with Gasteiger partial charge in [-0.05, 0) is 76.9 Å². The summed E-state index contributed by atoms with van der Waals surface area (Å²) in [5.41, 5.74) is 12.5. The monoisotopic (exact) mass is 716 g/mol. The van der Waals surface area contributed by atoms with E-state index in [-0.39, 0.29) is 0 Å². The van der Waals surface area contributed by atoms with Gasteiger partial charge < -0.3 is 8.98 Å². The molecular formula is C51H32N4O. The first kappa shape index (κ1) is 31.9. The Kier molecular flexibility index (Phi) is 7.42. The normalized spacial score (nSPS) is 11.6. The molecule has 3 aromatic heterocycles. The van der Waals surface area contributed by atoms with Crippen LogP contribution < -0.4 is 0 Å². The quantitative estimate of drug-likeness (QED) is 0.172. The summed E-state index contributed by atoms with van der Waals surface area (Å²) in [6, 6.07) is 67.5. The summed E-state index contributed by atoms with van der Waals surface area (Å²) in [5, 5.41) is 4.57. The molecule has 0 fully saturated rings. The van der Waals surface area contributed by atoms with E-state index in [0.717, 1.165) is 61.0 Å². The fourth-order valence-electron chi connectivity index (χ4n) is 7.90. The zero-order valence-corrected chi connectivity index (χ0v) is 30.2. The van der Waals surface area contributed by atoms with Gasteiger partial charge >= 0.3 is 0 Å². The van der Waals surface area contributed by atoms with Crippen LogP contribution in [0.25, 0.3) is 106 Å². The van der Waals surface area contributed by atoms with Gasteiger partial charge in [0.05, 0.1) is 11.0 Å². The van der Waals surface area contributed by atoms with Crippen molar-refractivity contribution in [1.82, 2.24) is 19.5 Å². The van der Waals surface area contributed by atoms with E-state index in [1.807, 2.05) is 42.5 Å². The summed E-state index contributed by atoms with van der Waals surface area (Å²) >= 11 is 0. The first-order valence-corrected chi connectivity index (χ1v) is 18.8. The van der Waals surface area contributed by atoms with E-state index >= 15 is 0 Å². The fraction of sp³-hybridized carbons (Fsp3) is 0. The molecule has 262 valence electrons. The molecule has 0 radical (unpaired) electrons. The van der Waals surface area contributed by atoms with Crippen molar-refractivity contribution in [1.29, 1.82) is 0 Å². The van der Waals surface area contributed by atoms with E-state index in [2.05, 4.69) is 156 Å². The number of aromatic nitrogens is 4. The minimum atomic E-state index is 0.590. The van der Waals surface area contributed by atoms with Crippen LogP contribution in [-0.4, -0.2) is 19.5 Å². The highest BCUT2D eigenvalue weighted by Gasteiger charge is 2.17. The molecule has 0 atom stereocenters. The average molecular weight is 717 g/mol. The molecule has 0 spiro atoms. The first-order chi connectivity index (χ1) is 27.7. The molecule has 5 heteroatoms. The van der Waals surface area contributed by atoms with Crippen molar-refractivity contribution < 1.29 is 4.42 Å². The molecule has 8 aromatic carbocycles. The molecule has 0 saturated carbocycles. The van der Waals surface area contributed by atoms with Crippen molar-refractivity contribution in [3.05, 3.63) is 194 Å². The Hall–Kier alpha value is -7.63. The predicted molar refractivity (Wildman–Crippen MR) is 229 cm³/mol. The van der Waals surface area contributed by atoms with Crippen LogP contribution in [0.2, 0.25) is 0 Å². The van der Waals surface area contributed by atoms with Crippen LogP contribution in [0.3, 0.4) is 0 Å². The maximum Gasteiger partial charge on any atom is 0.164 e. The Morgan fingerprint density at radius 2 is 0.804 bits per heavy atom. The SMILES string of the molecule is c1ccc(-c2ccc(-c3nc(-c4ccccc4)nc(-c4ccc5c(c4)oc4ccc(-c6ccc7c(c6)c6ccccc6n7-c6ccccc6)cc45)n3)cc2)cc1. The third-order valence-electron chi connectivity index (χ3n) is 10.7. The summed E-state index contributed by atoms with van der Waals surface area (Å²) in [4.78, 5) is 14.9. The van der Waals surface area contributed by atoms with Gasteiger partial charge in [-0.2, -0.15) is 0 Å². The number of benzene rings is 8. The third kappa shape index (κ3) is 5.45. The zero-order chi connectivity index (χ0) is 37.0. The van der Waals surface area contributed by atoms with Crippen molar-refractivity contribution in [3.63, 3.8) is 0 Å². The van der Waals surface area contributed by atoms with E-state index in [0.29, 0.717) is 17.5 Å². The number of para-hydroxylation sites is 2. The summed E-state index contributed by atoms with van der Waals surface area (Å²) in [5.74, 6) is 1.83. The zero-order valence-electron chi connectivity index (χ0n) is 30.2. The van der Waals surface area contributed by atoms with Crippen LogP contribution in [0.15, 0.2) is 199 Å². The largest absolute Gasteiger partial charge is 0.456 e. The van der Waals surface area contributed by atoms with E-state index in [1.165, 1.54) is 27.4 Å². The second-order valence-corrected chi connectivity index (χ2v) is 14.1. The lowest BCUT2D eigenvalue weighted by Crippen LogP contribution is -2.00. The Labute approximate surface area is 322 Å². The van der Waals surface area contributed by atoms with Gasteiger partial charge in [-0.15, -0.1) is 0 Å². The number of rotatable bonds is 6. The van der Waals surface area contributed by atoms with Crippen molar-refractivity contribution in [2.24, 2.45) is 0 Å². The van der Waals surface area contributed by atoms with Gasteiger partial charge in [0, 0.05) is 43.9 Å². The van der Waals surface area contributed by atoms with Gasteiger partial charge in [0.1, 0.15) is 11.2 Å². The van der Waals surface area contributed by atoms with Crippen molar-refractivity contribution in [2.75, 3.05) is 0 Å². The Morgan fingerprint density at radius 1 is 0.304 bits per heavy atom. The van der Waals surface area contributed by atoms with Gasteiger partial charge in [-0.1, -0.05) is 140 Å². The Morgan fingerprint density at radius 3 is 1.54 bits per heavy atom. The highest BCUT2D eigenvalue weighted by atomic mass is 16.3. The van der Waals surface area contributed by atoms with E-state index in [4.69, 9.17) is 19.4 Å². The molecule has 0 aliphatic heterocycles. The molecule has 0 unspecified atom stereocenters. The molecule has 0 aliphatic carbocycles. The highest BCUT2D eigenvalue weighted by Crippen LogP contribution is 2.38. The molecule has 56 heavy (non-hydrogen) atoms. The summed E-state index contributed by atoms with van der Waals surface area (Å²) in [6.07, 6.45) is 0. The van der Waals surface area contributed by atoms with Gasteiger partial charge in [0.2, 0.25) is 0 Å². The van der Waals surface area contributed by atoms with Crippen molar-refractivity contribution >= 4 is 43.7 Å². The molecule has 0 bridgehead atoms. The summed E-state index contributed by atoms with van der Waals surface area (Å²) in [6.45, 7) is 0. The minimum Gasteiger partial charge on any atom is -0.456 e. The fourth-order valence-corrected chi connectivity index (χ4v) is 7.90. The van der Waals surface area contributed by atoms with E-state index in [9.17, 15) is 0 Å². The van der Waals surface area contributed by atoms with Crippen LogP contribution in [-0.2, 0) is 0 Å². The van der Waals surface area contributed by atoms with E-state index in [1.54, 1.807) is 0 Å². The highest BCUT2D eigenvalue weighted by molar-refractivity contribution is 6.11. The van der Waals surface area contributed by atoms with Gasteiger partial charge in [0.25, 0.3) is 0 Å². The smallest absolute Gasteiger partial charge is 0.164 e. The van der Waals surface area contributed by atoms with Gasteiger partial charge in [-0.25, -0.2) is 15.0 Å². The molecular weight excluding hydrogens is 685 g/mol. The van der Waals surface area contributed by atoms with Crippen LogP contribution in [0.1, 0.15) is 0 Å². The number of nitrogens with zero attached hydrogens (tertiary/aromatic N) is 4. The number of hydrogen-bond donors (Lipinski definition) is 0. The minimum absolute atomic E-state index is 0.590. The maximum atomic E-state index is 6.50. The van der Waals surface area contributed by atoms with Crippen LogP contribution in [0, 0.1) is 0 Å². The molecule has 0 amide bonds. The topological polar surface area (TPSA) is 56.7 Å². The van der Waals surface area contributed by atoms with Crippen molar-refractivity contribution in [3.8, 4) is 62.1 Å². The van der Waals surface area contributed by atoms with Gasteiger partial charge in [-0.3, -0.25) is 0 Å². The standard InChI is InChI=1S/C51H32N4O/c1-4-12-33(13-5-1)34-20-22-36(23-21-34)50-52-49(35-14-6-2-7-15-35)53-51(54-50)39-24-27-42-44-31-38(26-29-47(44)56-48(42)32-39)37-25-28-46-43(30-37)41-18-10-11-19-45(41)55(46)40-16-8-3-9-17-40/h1-32H. The predicted octanol–water partition coefficient (Wildman–Crippen LogP) is 13.2. The lowest BCUT2D eigenvalue weighted by Gasteiger charge is -2.09. The Balaban J connectivity index is 0.988. The van der Waals surface area contributed by atoms with Crippen LogP contribution in [0.5, 0.6) is 0 Å². The number of fused-ring (bicyclic) bond motifs is 6. The lowest BCUT2D eigenvalue weighted by molar-refractivity contribution is 0.669. The molecule has 11 aromatic rings. The molecule has 0 N–H and O–H groups in total. The van der Waals surface area contributed by atoms with Crippen LogP contribution >= 0.6 is 0 Å². The Bertz CT molecular complexity index is 3220. The van der Waals surface area contributed by atoms with Gasteiger partial charge in [0.15, 0.2) is 17.5 Å². The van der Waals surface area contributed by atoms with E-state index < -0.39 is 0 Å². The molecule has 11 rings (SSSR count). The second kappa shape index (κ2) is 13.0. The van der Waals surface area contributed by atoms with Crippen molar-refractivity contribution in [2.45, 2.75) is 0 Å². The molecule has 0 aliphatic rings. The summed E-state index contributed by atoms with van der Waals surface area (Å²) < 4.78 is 8.84. The molecule has 0 saturated heterocycles. The third-order valence-corrected chi connectivity index (χ3v) is 10.7. The summed E-state index contributed by atoms with van der Waals surface area (Å²) in [7, 11) is 0. The maximum absolute atomic E-state index is 6.50. The number of hydrogen-bond acceptors (Lipinski definition) is 4.